The summed E-state index contributed by atoms with van der Waals surface area (Å²) in [6, 6.07) is 1.81. The lowest BCUT2D eigenvalue weighted by atomic mass is 10.2. The number of tetrazole rings is 1. The highest BCUT2D eigenvalue weighted by Gasteiger charge is 2.29. The number of amides is 1. The Balaban J connectivity index is 1.58. The zero-order chi connectivity index (χ0) is 16.7. The topological polar surface area (TPSA) is 104 Å². The van der Waals surface area contributed by atoms with E-state index in [1.165, 1.54) is 0 Å². The summed E-state index contributed by atoms with van der Waals surface area (Å²) < 4.78 is 8.97. The molecule has 0 aromatic carbocycles. The third-order valence-electron chi connectivity index (χ3n) is 4.14. The van der Waals surface area contributed by atoms with Crippen LogP contribution in [0.3, 0.4) is 0 Å². The van der Waals surface area contributed by atoms with Crippen LogP contribution in [-0.4, -0.2) is 65.5 Å². The number of morpholine rings is 1. The van der Waals surface area contributed by atoms with E-state index in [0.717, 1.165) is 11.0 Å². The fourth-order valence-electron chi connectivity index (χ4n) is 2.82. The molecule has 1 unspecified atom stereocenters. The highest BCUT2D eigenvalue weighted by atomic mass is 16.5. The number of rotatable bonds is 2. The van der Waals surface area contributed by atoms with Crippen LogP contribution >= 0.6 is 0 Å². The zero-order valence-corrected chi connectivity index (χ0v) is 13.3. The molecular formula is C14H16N8O2. The number of aryl methyl sites for hydroxylation is 2. The van der Waals surface area contributed by atoms with Crippen molar-refractivity contribution >= 4 is 16.9 Å². The molecule has 1 saturated heterocycles. The molecule has 0 saturated carbocycles. The maximum atomic E-state index is 12.8. The number of hydrogen-bond acceptors (Lipinski definition) is 7. The van der Waals surface area contributed by atoms with Crippen LogP contribution in [0, 0.1) is 0 Å². The van der Waals surface area contributed by atoms with E-state index >= 15 is 0 Å². The minimum absolute atomic E-state index is 0.0889. The van der Waals surface area contributed by atoms with Crippen molar-refractivity contribution in [2.24, 2.45) is 14.1 Å². The van der Waals surface area contributed by atoms with Crippen molar-refractivity contribution in [3.63, 3.8) is 0 Å². The summed E-state index contributed by atoms with van der Waals surface area (Å²) >= 11 is 0. The van der Waals surface area contributed by atoms with Crippen molar-refractivity contribution in [2.75, 3.05) is 19.7 Å². The van der Waals surface area contributed by atoms with Crippen LogP contribution in [0.4, 0.5) is 0 Å². The Morgan fingerprint density at radius 3 is 2.96 bits per heavy atom. The lowest BCUT2D eigenvalue weighted by Gasteiger charge is -2.32. The second-order valence-electron chi connectivity index (χ2n) is 5.67. The first-order valence-electron chi connectivity index (χ1n) is 7.54. The van der Waals surface area contributed by atoms with Crippen molar-refractivity contribution in [1.82, 2.24) is 39.9 Å². The van der Waals surface area contributed by atoms with Crippen LogP contribution in [0.5, 0.6) is 0 Å². The number of hydrogen-bond donors (Lipinski definition) is 0. The van der Waals surface area contributed by atoms with Gasteiger partial charge in [0.1, 0.15) is 11.6 Å². The van der Waals surface area contributed by atoms with E-state index in [2.05, 4.69) is 25.6 Å². The van der Waals surface area contributed by atoms with Crippen molar-refractivity contribution in [3.8, 4) is 0 Å². The highest BCUT2D eigenvalue weighted by Crippen LogP contribution is 2.21. The molecule has 0 radical (unpaired) electrons. The van der Waals surface area contributed by atoms with Gasteiger partial charge < -0.3 is 9.64 Å². The van der Waals surface area contributed by atoms with Gasteiger partial charge in [-0.15, -0.1) is 5.10 Å². The van der Waals surface area contributed by atoms with E-state index in [1.54, 1.807) is 33.7 Å². The molecule has 3 aromatic rings. The van der Waals surface area contributed by atoms with Gasteiger partial charge >= 0.3 is 0 Å². The number of fused-ring (bicyclic) bond motifs is 1. The second-order valence-corrected chi connectivity index (χ2v) is 5.67. The van der Waals surface area contributed by atoms with E-state index in [1.807, 2.05) is 13.1 Å². The minimum atomic E-state index is -0.337. The van der Waals surface area contributed by atoms with Gasteiger partial charge in [0.2, 0.25) is 0 Å². The molecule has 0 aliphatic carbocycles. The minimum Gasteiger partial charge on any atom is -0.366 e. The number of carbonyl (C=O) groups is 1. The molecule has 3 aromatic heterocycles. The predicted molar refractivity (Wildman–Crippen MR) is 81.9 cm³/mol. The summed E-state index contributed by atoms with van der Waals surface area (Å²) in [5, 5.41) is 15.5. The van der Waals surface area contributed by atoms with Gasteiger partial charge in [-0.1, -0.05) is 0 Å². The van der Waals surface area contributed by atoms with Gasteiger partial charge in [-0.2, -0.15) is 5.10 Å². The third kappa shape index (κ3) is 2.40. The second kappa shape index (κ2) is 5.64. The molecule has 10 heteroatoms. The van der Waals surface area contributed by atoms with Gasteiger partial charge in [0, 0.05) is 26.8 Å². The molecule has 0 spiro atoms. The lowest BCUT2D eigenvalue weighted by Crippen LogP contribution is -2.43. The van der Waals surface area contributed by atoms with E-state index in [4.69, 9.17) is 4.74 Å². The van der Waals surface area contributed by atoms with Gasteiger partial charge in [0.15, 0.2) is 5.82 Å². The molecule has 1 fully saturated rings. The third-order valence-corrected chi connectivity index (χ3v) is 4.14. The first-order valence-corrected chi connectivity index (χ1v) is 7.54. The number of carbonyl (C=O) groups excluding carboxylic acids is 1. The highest BCUT2D eigenvalue weighted by molar-refractivity contribution is 5.96. The standard InChI is InChI=1S/C14H16N8O2/c1-20-11-5-9(6-15-10(11)7-16-20)14(23)22-3-4-24-12(8-22)13-17-18-19-21(13)2/h5-7,12H,3-4,8H2,1-2H3. The van der Waals surface area contributed by atoms with E-state index < -0.39 is 0 Å². The summed E-state index contributed by atoms with van der Waals surface area (Å²) in [6.07, 6.45) is 2.92. The van der Waals surface area contributed by atoms with Crippen LogP contribution in [0.2, 0.25) is 0 Å². The smallest absolute Gasteiger partial charge is 0.255 e. The fraction of sp³-hybridized carbons (Fsp3) is 0.429. The van der Waals surface area contributed by atoms with Crippen molar-refractivity contribution in [2.45, 2.75) is 6.10 Å². The van der Waals surface area contributed by atoms with E-state index in [9.17, 15) is 4.79 Å². The quantitative estimate of drug-likeness (QED) is 0.636. The normalized spacial score (nSPS) is 18.2. The van der Waals surface area contributed by atoms with Crippen molar-refractivity contribution in [3.05, 3.63) is 29.8 Å². The molecule has 1 aliphatic rings. The van der Waals surface area contributed by atoms with Gasteiger partial charge in [0.25, 0.3) is 5.91 Å². The summed E-state index contributed by atoms with van der Waals surface area (Å²) in [4.78, 5) is 18.9. The molecule has 24 heavy (non-hydrogen) atoms. The largest absolute Gasteiger partial charge is 0.366 e. The lowest BCUT2D eigenvalue weighted by molar-refractivity contribution is -0.0284. The Morgan fingerprint density at radius 2 is 2.17 bits per heavy atom. The molecule has 1 atom stereocenters. The number of nitrogens with zero attached hydrogens (tertiary/aromatic N) is 8. The van der Waals surface area contributed by atoms with Crippen LogP contribution < -0.4 is 0 Å². The molecule has 0 bridgehead atoms. The fourth-order valence-corrected chi connectivity index (χ4v) is 2.82. The Hall–Kier alpha value is -2.88. The summed E-state index contributed by atoms with van der Waals surface area (Å²) in [5.74, 6) is 0.515. The summed E-state index contributed by atoms with van der Waals surface area (Å²) in [7, 11) is 3.57. The molecule has 4 heterocycles. The maximum absolute atomic E-state index is 12.8. The summed E-state index contributed by atoms with van der Waals surface area (Å²) in [6.45, 7) is 1.35. The predicted octanol–water partition coefficient (Wildman–Crippen LogP) is -0.295. The number of ether oxygens (including phenoxy) is 1. The Morgan fingerprint density at radius 1 is 1.29 bits per heavy atom. The van der Waals surface area contributed by atoms with Crippen LogP contribution in [-0.2, 0) is 18.8 Å². The molecule has 1 amide bonds. The first kappa shape index (κ1) is 14.7. The molecule has 1 aliphatic heterocycles. The Labute approximate surface area is 137 Å². The SMILES string of the molecule is Cn1nnnc1C1CN(C(=O)c2cnc3cnn(C)c3c2)CCO1. The number of aromatic nitrogens is 7. The molecule has 124 valence electrons. The van der Waals surface area contributed by atoms with Gasteiger partial charge in [0.05, 0.1) is 30.4 Å². The van der Waals surface area contributed by atoms with Gasteiger partial charge in [-0.25, -0.2) is 4.68 Å². The van der Waals surface area contributed by atoms with Gasteiger partial charge in [-0.3, -0.25) is 14.5 Å². The molecule has 4 rings (SSSR count). The van der Waals surface area contributed by atoms with E-state index in [-0.39, 0.29) is 12.0 Å². The molecule has 0 N–H and O–H groups in total. The van der Waals surface area contributed by atoms with Crippen molar-refractivity contribution < 1.29 is 9.53 Å². The molecule has 10 nitrogen and oxygen atoms in total. The van der Waals surface area contributed by atoms with Crippen molar-refractivity contribution in [1.29, 1.82) is 0 Å². The average Bonchev–Trinajstić information content (AvgIpc) is 3.20. The number of pyridine rings is 1. The molecular weight excluding hydrogens is 312 g/mol. The monoisotopic (exact) mass is 328 g/mol. The van der Waals surface area contributed by atoms with E-state index in [0.29, 0.717) is 31.1 Å². The van der Waals surface area contributed by atoms with Crippen LogP contribution in [0.1, 0.15) is 22.3 Å². The van der Waals surface area contributed by atoms with Crippen LogP contribution in [0.15, 0.2) is 18.5 Å². The maximum Gasteiger partial charge on any atom is 0.255 e. The Bertz CT molecular complexity index is 901. The van der Waals surface area contributed by atoms with Crippen LogP contribution in [0.25, 0.3) is 11.0 Å². The first-order chi connectivity index (χ1) is 11.6. The Kier molecular flexibility index (Phi) is 3.45. The van der Waals surface area contributed by atoms with Gasteiger partial charge in [-0.05, 0) is 16.5 Å². The zero-order valence-electron chi connectivity index (χ0n) is 13.3. The summed E-state index contributed by atoms with van der Waals surface area (Å²) in [5.41, 5.74) is 2.12. The average molecular weight is 328 g/mol.